The summed E-state index contributed by atoms with van der Waals surface area (Å²) in [5, 5.41) is 5.38. The first kappa shape index (κ1) is 17.8. The molecule has 2 aromatic heterocycles. The van der Waals surface area contributed by atoms with E-state index >= 15 is 0 Å². The summed E-state index contributed by atoms with van der Waals surface area (Å²) < 4.78 is 0. The Kier molecular flexibility index (Phi) is 5.55. The topological polar surface area (TPSA) is 58.1 Å². The Labute approximate surface area is 163 Å². The minimum atomic E-state index is -0.0164. The maximum atomic E-state index is 12.3. The predicted octanol–water partition coefficient (Wildman–Crippen LogP) is 3.90. The van der Waals surface area contributed by atoms with Gasteiger partial charge in [-0.3, -0.25) is 14.7 Å². The summed E-state index contributed by atoms with van der Waals surface area (Å²) in [5.74, 6) is -0.0164. The molecule has 0 aliphatic carbocycles. The molecule has 0 saturated carbocycles. The standard InChI is InChI=1S/C21H22N4OS/c26-20(24-21-22-11-13-27-21)15-25-12-5-10-19(25)18-9-4-8-17(23-18)14-16-6-2-1-3-7-16/h1-4,6-9,11,13,19H,5,10,12,14-15H2,(H,22,24,26)/t19-/m0/s1. The molecule has 27 heavy (non-hydrogen) atoms. The van der Waals surface area contributed by atoms with Crippen molar-refractivity contribution in [1.29, 1.82) is 0 Å². The SMILES string of the molecule is O=C(CN1CCC[C@H]1c1cccc(Cc2ccccc2)n1)Nc1nccs1. The maximum Gasteiger partial charge on any atom is 0.240 e. The van der Waals surface area contributed by atoms with Gasteiger partial charge in [-0.25, -0.2) is 4.98 Å². The highest BCUT2D eigenvalue weighted by Gasteiger charge is 2.28. The van der Waals surface area contributed by atoms with Gasteiger partial charge in [-0.1, -0.05) is 36.4 Å². The number of hydrogen-bond donors (Lipinski definition) is 1. The van der Waals surface area contributed by atoms with E-state index in [0.29, 0.717) is 11.7 Å². The third-order valence-electron chi connectivity index (χ3n) is 4.79. The zero-order chi connectivity index (χ0) is 18.5. The molecule has 1 aliphatic heterocycles. The van der Waals surface area contributed by atoms with Crippen molar-refractivity contribution < 1.29 is 4.79 Å². The number of nitrogens with one attached hydrogen (secondary N) is 1. The number of anilines is 1. The van der Waals surface area contributed by atoms with Crippen molar-refractivity contribution in [2.45, 2.75) is 25.3 Å². The summed E-state index contributed by atoms with van der Waals surface area (Å²) in [6.45, 7) is 1.29. The Morgan fingerprint density at radius 2 is 2.07 bits per heavy atom. The number of hydrogen-bond acceptors (Lipinski definition) is 5. The van der Waals surface area contributed by atoms with E-state index in [0.717, 1.165) is 37.2 Å². The lowest BCUT2D eigenvalue weighted by Gasteiger charge is -2.23. The van der Waals surface area contributed by atoms with Crippen molar-refractivity contribution in [2.75, 3.05) is 18.4 Å². The number of thiazole rings is 1. The zero-order valence-corrected chi connectivity index (χ0v) is 15.9. The molecule has 0 bridgehead atoms. The van der Waals surface area contributed by atoms with Gasteiger partial charge in [0.05, 0.1) is 18.3 Å². The number of pyridine rings is 1. The molecular weight excluding hydrogens is 356 g/mol. The van der Waals surface area contributed by atoms with Gasteiger partial charge >= 0.3 is 0 Å². The van der Waals surface area contributed by atoms with Crippen LogP contribution in [0.25, 0.3) is 0 Å². The van der Waals surface area contributed by atoms with E-state index in [1.165, 1.54) is 16.9 Å². The van der Waals surface area contributed by atoms with Gasteiger partial charge in [-0.15, -0.1) is 11.3 Å². The van der Waals surface area contributed by atoms with Crippen molar-refractivity contribution in [2.24, 2.45) is 0 Å². The molecule has 0 unspecified atom stereocenters. The average molecular weight is 379 g/mol. The van der Waals surface area contributed by atoms with Gasteiger partial charge in [-0.2, -0.15) is 0 Å². The van der Waals surface area contributed by atoms with Crippen LogP contribution in [-0.2, 0) is 11.2 Å². The monoisotopic (exact) mass is 378 g/mol. The Balaban J connectivity index is 1.43. The molecule has 3 heterocycles. The second-order valence-corrected chi connectivity index (χ2v) is 7.62. The molecule has 1 fully saturated rings. The van der Waals surface area contributed by atoms with Gasteiger partial charge in [0.2, 0.25) is 5.91 Å². The molecule has 1 atom stereocenters. The molecule has 0 radical (unpaired) electrons. The number of likely N-dealkylation sites (tertiary alicyclic amines) is 1. The van der Waals surface area contributed by atoms with Crippen LogP contribution in [0.4, 0.5) is 5.13 Å². The van der Waals surface area contributed by atoms with E-state index in [1.807, 2.05) is 11.4 Å². The molecule has 6 heteroatoms. The van der Waals surface area contributed by atoms with E-state index in [4.69, 9.17) is 4.98 Å². The smallest absolute Gasteiger partial charge is 0.240 e. The average Bonchev–Trinajstić information content (AvgIpc) is 3.35. The van der Waals surface area contributed by atoms with Gasteiger partial charge < -0.3 is 5.32 Å². The number of aromatic nitrogens is 2. The first-order valence-corrected chi connectivity index (χ1v) is 10.1. The second-order valence-electron chi connectivity index (χ2n) is 6.73. The molecule has 1 aromatic carbocycles. The van der Waals surface area contributed by atoms with Crippen LogP contribution >= 0.6 is 11.3 Å². The Bertz CT molecular complexity index is 882. The maximum absolute atomic E-state index is 12.3. The molecule has 1 amide bonds. The number of carbonyl (C=O) groups excluding carboxylic acids is 1. The minimum absolute atomic E-state index is 0.0164. The first-order valence-electron chi connectivity index (χ1n) is 9.21. The van der Waals surface area contributed by atoms with E-state index in [2.05, 4.69) is 57.7 Å². The third kappa shape index (κ3) is 4.59. The fourth-order valence-electron chi connectivity index (χ4n) is 3.57. The predicted molar refractivity (Wildman–Crippen MR) is 108 cm³/mol. The van der Waals surface area contributed by atoms with E-state index in [1.54, 1.807) is 6.20 Å². The largest absolute Gasteiger partial charge is 0.301 e. The second kappa shape index (κ2) is 8.41. The molecular formula is C21H22N4OS. The molecule has 1 N–H and O–H groups in total. The summed E-state index contributed by atoms with van der Waals surface area (Å²) in [4.78, 5) is 23.6. The summed E-state index contributed by atoms with van der Waals surface area (Å²) in [6, 6.07) is 16.8. The minimum Gasteiger partial charge on any atom is -0.301 e. The third-order valence-corrected chi connectivity index (χ3v) is 5.48. The molecule has 138 valence electrons. The van der Waals surface area contributed by atoms with Crippen molar-refractivity contribution in [1.82, 2.24) is 14.9 Å². The Morgan fingerprint density at radius 1 is 1.19 bits per heavy atom. The van der Waals surface area contributed by atoms with Crippen LogP contribution in [0.15, 0.2) is 60.1 Å². The molecule has 5 nitrogen and oxygen atoms in total. The van der Waals surface area contributed by atoms with Crippen LogP contribution in [0, 0.1) is 0 Å². The highest BCUT2D eigenvalue weighted by atomic mass is 32.1. The number of carbonyl (C=O) groups is 1. The summed E-state index contributed by atoms with van der Waals surface area (Å²) >= 11 is 1.44. The van der Waals surface area contributed by atoms with Crippen molar-refractivity contribution in [3.8, 4) is 0 Å². The van der Waals surface area contributed by atoms with Crippen molar-refractivity contribution >= 4 is 22.4 Å². The number of benzene rings is 1. The van der Waals surface area contributed by atoms with Crippen LogP contribution < -0.4 is 5.32 Å². The highest BCUT2D eigenvalue weighted by Crippen LogP contribution is 2.30. The van der Waals surface area contributed by atoms with Crippen LogP contribution in [0.3, 0.4) is 0 Å². The van der Waals surface area contributed by atoms with Crippen molar-refractivity contribution in [3.63, 3.8) is 0 Å². The normalized spacial score (nSPS) is 17.1. The molecule has 4 rings (SSSR count). The van der Waals surface area contributed by atoms with Gasteiger partial charge in [-0.05, 0) is 37.1 Å². The van der Waals surface area contributed by atoms with E-state index in [9.17, 15) is 4.79 Å². The molecule has 1 saturated heterocycles. The lowest BCUT2D eigenvalue weighted by molar-refractivity contribution is -0.117. The van der Waals surface area contributed by atoms with Gasteiger partial charge in [0.25, 0.3) is 0 Å². The van der Waals surface area contributed by atoms with Crippen LogP contribution in [0.1, 0.15) is 35.8 Å². The fraction of sp³-hybridized carbons (Fsp3) is 0.286. The fourth-order valence-corrected chi connectivity index (χ4v) is 4.11. The number of rotatable bonds is 6. The summed E-state index contributed by atoms with van der Waals surface area (Å²) in [6.07, 6.45) is 4.64. The van der Waals surface area contributed by atoms with Crippen LogP contribution in [0.5, 0.6) is 0 Å². The number of amides is 1. The Hall–Kier alpha value is -2.57. The van der Waals surface area contributed by atoms with Gasteiger partial charge in [0, 0.05) is 23.7 Å². The summed E-state index contributed by atoms with van der Waals surface area (Å²) in [7, 11) is 0. The summed E-state index contributed by atoms with van der Waals surface area (Å²) in [5.41, 5.74) is 3.38. The van der Waals surface area contributed by atoms with E-state index in [-0.39, 0.29) is 11.9 Å². The molecule has 3 aromatic rings. The quantitative estimate of drug-likeness (QED) is 0.707. The Morgan fingerprint density at radius 3 is 2.89 bits per heavy atom. The first-order chi connectivity index (χ1) is 13.3. The van der Waals surface area contributed by atoms with E-state index < -0.39 is 0 Å². The lowest BCUT2D eigenvalue weighted by atomic mass is 10.1. The zero-order valence-electron chi connectivity index (χ0n) is 15.0. The van der Waals surface area contributed by atoms with Crippen LogP contribution in [-0.4, -0.2) is 33.9 Å². The van der Waals surface area contributed by atoms with Crippen molar-refractivity contribution in [3.05, 3.63) is 77.1 Å². The van der Waals surface area contributed by atoms with Gasteiger partial charge in [0.1, 0.15) is 0 Å². The molecule has 1 aliphatic rings. The molecule has 0 spiro atoms. The number of nitrogens with zero attached hydrogens (tertiary/aromatic N) is 3. The lowest BCUT2D eigenvalue weighted by Crippen LogP contribution is -2.33. The van der Waals surface area contributed by atoms with Gasteiger partial charge in [0.15, 0.2) is 5.13 Å². The highest BCUT2D eigenvalue weighted by molar-refractivity contribution is 7.13. The van der Waals surface area contributed by atoms with Crippen LogP contribution in [0.2, 0.25) is 0 Å².